The quantitative estimate of drug-likeness (QED) is 0.0417. The van der Waals surface area contributed by atoms with Crippen LogP contribution in [0.15, 0.2) is 236 Å². The van der Waals surface area contributed by atoms with Crippen LogP contribution in [-0.2, 0) is 0 Å². The summed E-state index contributed by atoms with van der Waals surface area (Å²) >= 11 is 12.8. The van der Waals surface area contributed by atoms with Gasteiger partial charge in [0.2, 0.25) is 11.5 Å². The summed E-state index contributed by atoms with van der Waals surface area (Å²) in [4.78, 5) is 82.8. The molecule has 0 saturated carbocycles. The standard InChI is InChI=1S/C22H22N4O4.C13H11BrN4O.C12H13BrN4.C9H13BO5.C8H11N.C7H6N4O.C4H3Br2N3/c1-13(14-8-6-5-7-9-14)26-21-20(25-22(26)27)23-12-16(24-21)15-10-17(28-2)19(30-4)18(11-15)29-3;1-8(9-5-3-2-4-6-9)18-12-11(17-13(18)19)15-7-10(14)16-12;1-8(9-5-3-2-4-6-9)16-12-11(14)15-7-10(13)17-12;1-13-7-4-6(10(11)12)5-8(14-2)9(7)15-3;1-7(9)8-5-3-2-4-6-8;12-7(10-3-1-8-5-10)11-4-2-9-6-11;5-2-1-8-4(7)3(6)9-2/h5-13H,1-4H3,(H,23,25,27);2-8H,1H3,(H,15,17,19);2-8H,1H3,(H2,14,15)(H,16,17);4-5,11-12H,1-3H3;2-7H,9H2,1H3;1-6H;1H,(H2,7,8)/t13-;2*8-;;7-;;/m000.0../s1. The smallest absolute Gasteiger partial charge is 0.488 e. The largest absolute Gasteiger partial charge is 0.493 e. The number of aromatic nitrogens is 16. The van der Waals surface area contributed by atoms with Crippen molar-refractivity contribution >= 4 is 122 Å². The van der Waals surface area contributed by atoms with Crippen molar-refractivity contribution in [3.05, 3.63) is 269 Å². The highest BCUT2D eigenvalue weighted by Crippen LogP contribution is 2.41. The van der Waals surface area contributed by atoms with Gasteiger partial charge in [0.05, 0.1) is 91.3 Å². The Balaban J connectivity index is 0.000000169. The van der Waals surface area contributed by atoms with E-state index in [1.807, 2.05) is 130 Å². The first-order valence-corrected chi connectivity index (χ1v) is 36.6. The fraction of sp³-hybridized carbons (Fsp3) is 0.187. The number of fused-ring (bicyclic) bond motifs is 2. The summed E-state index contributed by atoms with van der Waals surface area (Å²) in [5.41, 5.74) is 24.2. The topological polar surface area (TPSA) is 417 Å². The van der Waals surface area contributed by atoms with Gasteiger partial charge in [-0.2, -0.15) is 0 Å². The molecule has 14 rings (SSSR count). The lowest BCUT2D eigenvalue weighted by Gasteiger charge is -2.15. The number of hydrogen-bond acceptors (Lipinski definition) is 25. The van der Waals surface area contributed by atoms with Crippen LogP contribution in [0.1, 0.15) is 74.1 Å². The number of rotatable bonds is 16. The van der Waals surface area contributed by atoms with Crippen LogP contribution < -0.4 is 67.8 Å². The van der Waals surface area contributed by atoms with Crippen LogP contribution in [0.4, 0.5) is 22.2 Å². The number of nitrogens with one attached hydrogen (secondary N) is 3. The number of ether oxygens (including phenoxy) is 6. The number of anilines is 3. The van der Waals surface area contributed by atoms with Crippen LogP contribution in [0.3, 0.4) is 0 Å². The molecule has 0 aliphatic carbocycles. The average Bonchev–Trinajstić information content (AvgIpc) is 1.65. The monoisotopic (exact) mass is 1760 g/mol. The number of nitrogens with zero attached hydrogens (tertiary/aromatic N) is 14. The Bertz CT molecular complexity index is 5300. The van der Waals surface area contributed by atoms with E-state index in [4.69, 9.17) is 60.7 Å². The minimum atomic E-state index is -1.57. The Kier molecular flexibility index (Phi) is 32.0. The molecule has 14 aromatic rings. The van der Waals surface area contributed by atoms with Crippen molar-refractivity contribution in [2.75, 3.05) is 59.4 Å². The Morgan fingerprint density at radius 2 is 0.901 bits per heavy atom. The molecule has 4 atom stereocenters. The molecule has 0 aliphatic rings. The highest BCUT2D eigenvalue weighted by Gasteiger charge is 2.23. The fourth-order valence-electron chi connectivity index (χ4n) is 10.4. The number of nitrogens with two attached hydrogens (primary N) is 3. The molecule has 36 heteroatoms. The first-order chi connectivity index (χ1) is 53.4. The summed E-state index contributed by atoms with van der Waals surface area (Å²) < 4.78 is 39.9. The second-order valence-electron chi connectivity index (χ2n) is 23.3. The molecule has 6 aromatic carbocycles. The van der Waals surface area contributed by atoms with Crippen LogP contribution in [0.2, 0.25) is 0 Å². The van der Waals surface area contributed by atoms with Gasteiger partial charge in [0.1, 0.15) is 31.1 Å². The minimum Gasteiger partial charge on any atom is -0.493 e. The normalized spacial score (nSPS) is 11.5. The van der Waals surface area contributed by atoms with Gasteiger partial charge in [-0.1, -0.05) is 121 Å². The molecular formula is C75H79BBr4N20O11. The Morgan fingerprint density at radius 1 is 0.505 bits per heavy atom. The van der Waals surface area contributed by atoms with Crippen LogP contribution in [0.5, 0.6) is 34.5 Å². The molecule has 0 fully saturated rings. The zero-order valence-electron chi connectivity index (χ0n) is 61.6. The molecule has 31 nitrogen and oxygen atoms in total. The van der Waals surface area contributed by atoms with Gasteiger partial charge in [0.15, 0.2) is 63.0 Å². The van der Waals surface area contributed by atoms with E-state index in [1.165, 1.54) is 66.4 Å². The number of benzene rings is 6. The summed E-state index contributed by atoms with van der Waals surface area (Å²) in [6.45, 7) is 7.96. The number of carbonyl (C=O) groups is 1. The Labute approximate surface area is 671 Å². The number of imidazole rings is 4. The lowest BCUT2D eigenvalue weighted by Crippen LogP contribution is -2.30. The van der Waals surface area contributed by atoms with Crippen LogP contribution in [0, 0.1) is 0 Å². The van der Waals surface area contributed by atoms with E-state index in [9.17, 15) is 14.4 Å². The van der Waals surface area contributed by atoms with Crippen molar-refractivity contribution in [2.45, 2.75) is 51.9 Å². The molecule has 111 heavy (non-hydrogen) atoms. The van der Waals surface area contributed by atoms with Gasteiger partial charge in [-0.05, 0) is 143 Å². The summed E-state index contributed by atoms with van der Waals surface area (Å²) in [5, 5.41) is 21.3. The molecule has 0 spiro atoms. The van der Waals surface area contributed by atoms with Crippen LogP contribution in [0.25, 0.3) is 33.8 Å². The summed E-state index contributed by atoms with van der Waals surface area (Å²) in [7, 11) is 7.50. The minimum absolute atomic E-state index is 0.106. The number of methoxy groups -OCH3 is 6. The highest BCUT2D eigenvalue weighted by atomic mass is 79.9. The lowest BCUT2D eigenvalue weighted by atomic mass is 9.80. The molecule has 0 aliphatic heterocycles. The maximum Gasteiger partial charge on any atom is 0.488 e. The van der Waals surface area contributed by atoms with E-state index >= 15 is 0 Å². The first kappa shape index (κ1) is 85.0. The van der Waals surface area contributed by atoms with Gasteiger partial charge in [0, 0.05) is 36.4 Å². The summed E-state index contributed by atoms with van der Waals surface area (Å²) in [6, 6.07) is 46.1. The van der Waals surface area contributed by atoms with Crippen molar-refractivity contribution < 1.29 is 43.3 Å². The molecular weight excluding hydrogens is 1690 g/mol. The predicted molar refractivity (Wildman–Crippen MR) is 440 cm³/mol. The van der Waals surface area contributed by atoms with Gasteiger partial charge in [0.25, 0.3) is 0 Å². The zero-order valence-corrected chi connectivity index (χ0v) is 67.9. The molecule has 0 radical (unpaired) electrons. The van der Waals surface area contributed by atoms with E-state index in [1.54, 1.807) is 92.2 Å². The van der Waals surface area contributed by atoms with E-state index < -0.39 is 7.12 Å². The molecule has 8 heterocycles. The molecule has 576 valence electrons. The van der Waals surface area contributed by atoms with Crippen molar-refractivity contribution in [3.63, 3.8) is 0 Å². The van der Waals surface area contributed by atoms with E-state index in [-0.39, 0.29) is 47.0 Å². The highest BCUT2D eigenvalue weighted by molar-refractivity contribution is 9.11. The lowest BCUT2D eigenvalue weighted by molar-refractivity contribution is 0.244. The zero-order chi connectivity index (χ0) is 80.3. The number of nitrogen functional groups attached to an aromatic ring is 2. The van der Waals surface area contributed by atoms with Gasteiger partial charge < -0.3 is 61.0 Å². The Morgan fingerprint density at radius 3 is 1.30 bits per heavy atom. The molecule has 8 aromatic heterocycles. The molecule has 0 saturated heterocycles. The number of halogens is 4. The third-order valence-electron chi connectivity index (χ3n) is 16.0. The Hall–Kier alpha value is -11.7. The number of hydrogen-bond donors (Lipinski definition) is 8. The molecule has 0 unspecified atom stereocenters. The first-order valence-electron chi connectivity index (χ1n) is 33.4. The molecule has 0 amide bonds. The van der Waals surface area contributed by atoms with E-state index in [2.05, 4.69) is 143 Å². The predicted octanol–water partition coefficient (Wildman–Crippen LogP) is 12.2. The van der Waals surface area contributed by atoms with Crippen molar-refractivity contribution in [1.29, 1.82) is 0 Å². The third-order valence-corrected chi connectivity index (χ3v) is 17.8. The average molecular weight is 1770 g/mol. The number of H-pyrrole nitrogens is 2. The summed E-state index contributed by atoms with van der Waals surface area (Å²) in [5.74, 6) is 4.11. The molecule has 11 N–H and O–H groups in total. The van der Waals surface area contributed by atoms with Crippen molar-refractivity contribution in [2.24, 2.45) is 5.73 Å². The SMILES string of the molecule is COc1cc(-c2cnc3[nH]c(=O)n([C@@H](C)c4ccccc4)c3n2)cc(OC)c1OC.COc1cc(B(O)O)cc(OC)c1OC.C[C@@H](c1ccccc1)n1c(=O)[nH]c2ncc(Br)nc21.C[C@H](N)c1ccccc1.C[C@H](Nc1nc(Br)cnc1N)c1ccccc1.Nc1ncc(Br)nc1Br.O=C(n1ccnc1)n1ccnc1. The third kappa shape index (κ3) is 23.2. The van der Waals surface area contributed by atoms with Gasteiger partial charge in [-0.3, -0.25) is 28.2 Å². The second-order valence-corrected chi connectivity index (χ2v) is 26.5. The van der Waals surface area contributed by atoms with Gasteiger partial charge >= 0.3 is 24.5 Å². The van der Waals surface area contributed by atoms with E-state index in [0.29, 0.717) is 98.6 Å². The maximum atomic E-state index is 12.7. The number of aromatic amines is 2. The van der Waals surface area contributed by atoms with Crippen molar-refractivity contribution in [3.8, 4) is 45.8 Å². The number of carbonyl (C=O) groups excluding carboxylic acids is 1. The van der Waals surface area contributed by atoms with Gasteiger partial charge in [-0.15, -0.1) is 0 Å². The van der Waals surface area contributed by atoms with E-state index in [0.717, 1.165) is 16.7 Å². The molecule has 0 bridgehead atoms. The van der Waals surface area contributed by atoms with Gasteiger partial charge in [-0.25, -0.2) is 64.2 Å². The summed E-state index contributed by atoms with van der Waals surface area (Å²) in [6.07, 6.45) is 15.5. The van der Waals surface area contributed by atoms with Crippen LogP contribution in [-0.4, -0.2) is 144 Å². The fourth-order valence-corrected chi connectivity index (χ4v) is 11.7. The maximum absolute atomic E-state index is 12.7. The van der Waals surface area contributed by atoms with Crippen molar-refractivity contribution in [1.82, 2.24) is 78.1 Å². The second kappa shape index (κ2) is 41.8. The van der Waals surface area contributed by atoms with Crippen LogP contribution >= 0.6 is 63.7 Å².